The number of carbonyl (C=O) groups excluding carboxylic acids is 1. The summed E-state index contributed by atoms with van der Waals surface area (Å²) in [5, 5.41) is 6.11. The maximum Gasteiger partial charge on any atom is 0.271 e. The molecule has 0 saturated heterocycles. The maximum atomic E-state index is 11.5. The Bertz CT molecular complexity index is 447. The first-order valence-electron chi connectivity index (χ1n) is 4.24. The van der Waals surface area contributed by atoms with Gasteiger partial charge in [0.2, 0.25) is 0 Å². The molecule has 0 aromatic carbocycles. The van der Waals surface area contributed by atoms with Crippen molar-refractivity contribution in [1.82, 2.24) is 20.4 Å². The van der Waals surface area contributed by atoms with Gasteiger partial charge < -0.3 is 20.6 Å². The third-order valence-electron chi connectivity index (χ3n) is 1.81. The lowest BCUT2D eigenvalue weighted by atomic mass is 10.4. The molecule has 7 heteroatoms. The van der Waals surface area contributed by atoms with E-state index in [9.17, 15) is 4.79 Å². The highest BCUT2D eigenvalue weighted by atomic mass is 16.5. The van der Waals surface area contributed by atoms with Crippen LogP contribution in [0.4, 0.5) is 5.82 Å². The van der Waals surface area contributed by atoms with Crippen LogP contribution in [0.5, 0.6) is 0 Å². The molecule has 0 saturated carbocycles. The zero-order valence-corrected chi connectivity index (χ0v) is 7.73. The minimum atomic E-state index is -0.332. The number of amides is 1. The number of carbonyl (C=O) groups is 1. The molecule has 0 radical (unpaired) electrons. The maximum absolute atomic E-state index is 11.5. The van der Waals surface area contributed by atoms with Crippen LogP contribution in [0.3, 0.4) is 0 Å². The Balaban J connectivity index is 1.96. The molecule has 2 rings (SSSR count). The van der Waals surface area contributed by atoms with Gasteiger partial charge in [-0.05, 0) is 0 Å². The summed E-state index contributed by atoms with van der Waals surface area (Å²) in [6.07, 6.45) is 2.87. The summed E-state index contributed by atoms with van der Waals surface area (Å²) in [6.45, 7) is 0.261. The number of aromatic nitrogens is 3. The third kappa shape index (κ3) is 1.96. The van der Waals surface area contributed by atoms with E-state index in [0.717, 1.165) is 0 Å². The minimum absolute atomic E-state index is 0.171. The van der Waals surface area contributed by atoms with E-state index < -0.39 is 0 Å². The van der Waals surface area contributed by atoms with Gasteiger partial charge in [-0.15, -0.1) is 0 Å². The summed E-state index contributed by atoms with van der Waals surface area (Å²) in [7, 11) is 0. The predicted octanol–water partition coefficient (Wildman–Crippen LogP) is -0.0901. The Morgan fingerprint density at radius 1 is 1.67 bits per heavy atom. The van der Waals surface area contributed by atoms with Gasteiger partial charge in [-0.1, -0.05) is 5.16 Å². The number of aromatic amines is 1. The monoisotopic (exact) mass is 207 g/mol. The van der Waals surface area contributed by atoms with Gasteiger partial charge in [0.05, 0.1) is 19.1 Å². The number of nitrogens with one attached hydrogen (secondary N) is 2. The average molecular weight is 207 g/mol. The van der Waals surface area contributed by atoms with Crippen LogP contribution >= 0.6 is 0 Å². The van der Waals surface area contributed by atoms with Crippen LogP contribution in [0.1, 0.15) is 16.2 Å². The number of nitrogen functional groups attached to an aromatic ring is 1. The van der Waals surface area contributed by atoms with Gasteiger partial charge in [0.25, 0.3) is 5.91 Å². The summed E-state index contributed by atoms with van der Waals surface area (Å²) < 4.78 is 4.81. The Kier molecular flexibility index (Phi) is 2.36. The number of hydrogen-bond acceptors (Lipinski definition) is 5. The molecule has 0 aliphatic heterocycles. The van der Waals surface area contributed by atoms with Gasteiger partial charge in [-0.2, -0.15) is 0 Å². The van der Waals surface area contributed by atoms with Crippen molar-refractivity contribution < 1.29 is 9.32 Å². The van der Waals surface area contributed by atoms with E-state index >= 15 is 0 Å². The van der Waals surface area contributed by atoms with Gasteiger partial charge in [0, 0.05) is 6.07 Å². The molecule has 2 aromatic rings. The first-order valence-corrected chi connectivity index (χ1v) is 4.24. The molecular formula is C8H9N5O2. The SMILES string of the molecule is Nc1nc[nH]c1C(=O)NCc1ccno1. The highest BCUT2D eigenvalue weighted by Gasteiger charge is 2.11. The standard InChI is InChI=1S/C8H9N5O2/c9-7-6(11-4-12-7)8(14)10-3-5-1-2-13-15-5/h1-2,4H,3,9H2,(H,10,14)(H,11,12). The van der Waals surface area contributed by atoms with Crippen LogP contribution in [0, 0.1) is 0 Å². The Labute approximate surface area is 84.7 Å². The molecule has 0 atom stereocenters. The summed E-state index contributed by atoms with van der Waals surface area (Å²) in [5.41, 5.74) is 5.70. The number of nitrogens with two attached hydrogens (primary N) is 1. The molecule has 78 valence electrons. The summed E-state index contributed by atoms with van der Waals surface area (Å²) in [4.78, 5) is 17.8. The molecule has 0 spiro atoms. The van der Waals surface area contributed by atoms with Crippen molar-refractivity contribution in [2.45, 2.75) is 6.54 Å². The fourth-order valence-corrected chi connectivity index (χ4v) is 1.08. The molecule has 0 aliphatic rings. The zero-order valence-electron chi connectivity index (χ0n) is 7.73. The third-order valence-corrected chi connectivity index (χ3v) is 1.81. The van der Waals surface area contributed by atoms with Crippen molar-refractivity contribution >= 4 is 11.7 Å². The zero-order chi connectivity index (χ0) is 10.7. The molecule has 2 aromatic heterocycles. The van der Waals surface area contributed by atoms with Crippen molar-refractivity contribution in [3.8, 4) is 0 Å². The van der Waals surface area contributed by atoms with Gasteiger partial charge in [0.1, 0.15) is 5.69 Å². The van der Waals surface area contributed by atoms with Crippen LogP contribution in [0.15, 0.2) is 23.1 Å². The number of anilines is 1. The molecule has 0 unspecified atom stereocenters. The van der Waals surface area contributed by atoms with E-state index in [1.807, 2.05) is 0 Å². The number of hydrogen-bond donors (Lipinski definition) is 3. The van der Waals surface area contributed by atoms with Crippen molar-refractivity contribution in [2.24, 2.45) is 0 Å². The number of H-pyrrole nitrogens is 1. The van der Waals surface area contributed by atoms with Crippen LogP contribution in [0.2, 0.25) is 0 Å². The lowest BCUT2D eigenvalue weighted by Gasteiger charge is -2.00. The minimum Gasteiger partial charge on any atom is -0.382 e. The average Bonchev–Trinajstić information content (AvgIpc) is 2.84. The lowest BCUT2D eigenvalue weighted by Crippen LogP contribution is -2.23. The van der Waals surface area contributed by atoms with Gasteiger partial charge in [-0.3, -0.25) is 4.79 Å². The van der Waals surface area contributed by atoms with E-state index in [0.29, 0.717) is 5.76 Å². The van der Waals surface area contributed by atoms with E-state index in [-0.39, 0.29) is 24.0 Å². The van der Waals surface area contributed by atoms with Crippen molar-refractivity contribution in [1.29, 1.82) is 0 Å². The van der Waals surface area contributed by atoms with Crippen LogP contribution < -0.4 is 11.1 Å². The van der Waals surface area contributed by atoms with Crippen molar-refractivity contribution in [2.75, 3.05) is 5.73 Å². The second-order valence-corrected chi connectivity index (χ2v) is 2.82. The van der Waals surface area contributed by atoms with Gasteiger partial charge in [0.15, 0.2) is 11.6 Å². The molecule has 0 aliphatic carbocycles. The quantitative estimate of drug-likeness (QED) is 0.651. The Morgan fingerprint density at radius 3 is 3.13 bits per heavy atom. The van der Waals surface area contributed by atoms with Crippen LogP contribution in [-0.2, 0) is 6.54 Å². The Hall–Kier alpha value is -2.31. The lowest BCUT2D eigenvalue weighted by molar-refractivity contribution is 0.0943. The van der Waals surface area contributed by atoms with E-state index in [1.54, 1.807) is 6.07 Å². The molecular weight excluding hydrogens is 198 g/mol. The first kappa shape index (κ1) is 9.25. The molecule has 7 nitrogen and oxygen atoms in total. The Morgan fingerprint density at radius 2 is 2.53 bits per heavy atom. The highest BCUT2D eigenvalue weighted by molar-refractivity contribution is 5.96. The van der Waals surface area contributed by atoms with Crippen molar-refractivity contribution in [3.05, 3.63) is 30.0 Å². The summed E-state index contributed by atoms with van der Waals surface area (Å²) in [6, 6.07) is 1.66. The van der Waals surface area contributed by atoms with E-state index in [4.69, 9.17) is 10.3 Å². The molecule has 2 heterocycles. The van der Waals surface area contributed by atoms with Gasteiger partial charge >= 0.3 is 0 Å². The number of nitrogens with zero attached hydrogens (tertiary/aromatic N) is 2. The predicted molar refractivity (Wildman–Crippen MR) is 50.7 cm³/mol. The normalized spacial score (nSPS) is 10.1. The topological polar surface area (TPSA) is 110 Å². The highest BCUT2D eigenvalue weighted by Crippen LogP contribution is 2.04. The smallest absolute Gasteiger partial charge is 0.271 e. The second kappa shape index (κ2) is 3.82. The molecule has 15 heavy (non-hydrogen) atoms. The number of imidazole rings is 1. The number of rotatable bonds is 3. The van der Waals surface area contributed by atoms with E-state index in [2.05, 4.69) is 20.4 Å². The van der Waals surface area contributed by atoms with Gasteiger partial charge in [-0.25, -0.2) is 4.98 Å². The first-order chi connectivity index (χ1) is 7.27. The largest absolute Gasteiger partial charge is 0.382 e. The van der Waals surface area contributed by atoms with Crippen LogP contribution in [0.25, 0.3) is 0 Å². The molecule has 0 fully saturated rings. The second-order valence-electron chi connectivity index (χ2n) is 2.82. The fourth-order valence-electron chi connectivity index (χ4n) is 1.08. The molecule has 4 N–H and O–H groups in total. The molecule has 1 amide bonds. The summed E-state index contributed by atoms with van der Waals surface area (Å²) in [5.74, 6) is 0.410. The van der Waals surface area contributed by atoms with E-state index in [1.165, 1.54) is 12.5 Å². The van der Waals surface area contributed by atoms with Crippen LogP contribution in [-0.4, -0.2) is 21.0 Å². The fraction of sp³-hybridized carbons (Fsp3) is 0.125. The summed E-state index contributed by atoms with van der Waals surface area (Å²) >= 11 is 0. The molecule has 0 bridgehead atoms. The van der Waals surface area contributed by atoms with Crippen molar-refractivity contribution in [3.63, 3.8) is 0 Å².